The average Bonchev–Trinajstić information content (AvgIpc) is 3.21. The fourth-order valence-electron chi connectivity index (χ4n) is 9.31. The summed E-state index contributed by atoms with van der Waals surface area (Å²) in [5.74, 6) is -0.534. The van der Waals surface area contributed by atoms with E-state index in [1.807, 2.05) is 60.7 Å². The molecule has 0 saturated carbocycles. The maximum Gasteiger partial charge on any atom is 0.488 e. The first-order valence-corrected chi connectivity index (χ1v) is 27.9. The highest BCUT2D eigenvalue weighted by molar-refractivity contribution is 7.41. The number of rotatable bonds is 24. The predicted molar refractivity (Wildman–Crippen MR) is 289 cm³/mol. The van der Waals surface area contributed by atoms with Crippen LogP contribution < -0.4 is 30.6 Å². The van der Waals surface area contributed by atoms with Gasteiger partial charge in [-0.15, -0.1) is 14.7 Å². The van der Waals surface area contributed by atoms with Crippen LogP contribution in [0.5, 0.6) is 11.5 Å². The van der Waals surface area contributed by atoms with Gasteiger partial charge in [-0.3, -0.25) is 24.7 Å². The van der Waals surface area contributed by atoms with Gasteiger partial charge in [0, 0.05) is 17.9 Å². The molecule has 2 aliphatic heterocycles. The molecule has 4 aromatic heterocycles. The summed E-state index contributed by atoms with van der Waals surface area (Å²) in [5.41, 5.74) is -0.337. The Morgan fingerprint density at radius 1 is 0.855 bits per heavy atom. The number of benzene rings is 4. The van der Waals surface area contributed by atoms with Gasteiger partial charge in [0.15, 0.2) is 52.9 Å². The lowest BCUT2D eigenvalue weighted by Gasteiger charge is -2.37. The number of hydrogen-bond donors (Lipinski definition) is 3. The molecular formula is C53H52FN13O14P2. The normalized spacial score (nSPS) is 20.3. The van der Waals surface area contributed by atoms with Crippen LogP contribution in [0.3, 0.4) is 0 Å². The van der Waals surface area contributed by atoms with Crippen LogP contribution in [0.15, 0.2) is 120 Å². The summed E-state index contributed by atoms with van der Waals surface area (Å²) in [6.45, 7) is 2.22. The number of amides is 2. The van der Waals surface area contributed by atoms with Crippen LogP contribution in [0.4, 0.5) is 16.2 Å². The van der Waals surface area contributed by atoms with Crippen molar-refractivity contribution in [3.63, 3.8) is 0 Å². The van der Waals surface area contributed by atoms with E-state index in [9.17, 15) is 29.1 Å². The molecule has 2 saturated heterocycles. The van der Waals surface area contributed by atoms with Gasteiger partial charge < -0.3 is 47.5 Å². The van der Waals surface area contributed by atoms with Crippen molar-refractivity contribution in [3.8, 4) is 17.6 Å². The Labute approximate surface area is 473 Å². The van der Waals surface area contributed by atoms with E-state index in [1.54, 1.807) is 82.7 Å². The number of alkyl halides is 1. The van der Waals surface area contributed by atoms with Crippen LogP contribution in [-0.2, 0) is 47.3 Å². The summed E-state index contributed by atoms with van der Waals surface area (Å²) in [6, 6.07) is 34.2. The number of H-pyrrole nitrogens is 1. The van der Waals surface area contributed by atoms with E-state index in [1.165, 1.54) is 0 Å². The van der Waals surface area contributed by atoms with Gasteiger partial charge in [0.1, 0.15) is 35.6 Å². The summed E-state index contributed by atoms with van der Waals surface area (Å²) in [5, 5.41) is 31.3. The van der Waals surface area contributed by atoms with Crippen molar-refractivity contribution in [1.29, 1.82) is 5.26 Å². The summed E-state index contributed by atoms with van der Waals surface area (Å²) in [6.07, 6.45) is -9.60. The molecule has 4 aromatic carbocycles. The number of nitriles is 1. The first kappa shape index (κ1) is 58.0. The number of carbonyl (C=O) groups excluding carboxylic acids is 2. The smallest absolute Gasteiger partial charge is 0.488 e. The third-order valence-electron chi connectivity index (χ3n) is 13.4. The Balaban J connectivity index is 0.985. The van der Waals surface area contributed by atoms with Gasteiger partial charge in [-0.1, -0.05) is 97.1 Å². The standard InChI is InChI=1S/C53H52FN13O14P2/c1-30(2)47(68)60-52-59-46-42(49(70)61-52)63-65-67(46)50-38(80-82(71)72)26-37(78-50)27-77-83(76-25-11-24-55)81-43-39(79-51(40(43)54)66-45-41(62-64-66)44(56-29-57-45)58-48(69)31-12-7-5-8-13-31)28-75-53(32-14-9-6-10-15-32,33-16-20-35(73-3)21-17-33)34-18-22-36(74-4)23-19-34/h5-10,12-23,29-30,37-40,43,50-51H,11,25-28H2,1-4H3,(H,56,57,58,69)(H2,59,60,61,68,70)/t37-,38-,39+,40-,43+,50+,51+,83?/m0/s1. The zero-order chi connectivity index (χ0) is 58.2. The van der Waals surface area contributed by atoms with Gasteiger partial charge >= 0.3 is 16.9 Å². The maximum atomic E-state index is 18.0. The number of nitrogens with zero attached hydrogens (tertiary/aromatic N) is 10. The van der Waals surface area contributed by atoms with Crippen molar-refractivity contribution in [2.24, 2.45) is 5.92 Å². The minimum atomic E-state index is -3.49. The van der Waals surface area contributed by atoms with E-state index >= 15 is 4.39 Å². The fraction of sp³-hybridized carbons (Fsp3) is 0.340. The van der Waals surface area contributed by atoms with Crippen molar-refractivity contribution in [2.75, 3.05) is 44.7 Å². The van der Waals surface area contributed by atoms with Crippen LogP contribution in [0.25, 0.3) is 22.3 Å². The second kappa shape index (κ2) is 25.9. The first-order chi connectivity index (χ1) is 40.3. The highest BCUT2D eigenvalue weighted by Crippen LogP contribution is 2.49. The van der Waals surface area contributed by atoms with Crippen molar-refractivity contribution in [2.45, 2.75) is 75.3 Å². The van der Waals surface area contributed by atoms with E-state index < -0.39 is 102 Å². The molecule has 2 aliphatic rings. The molecule has 8 aromatic rings. The molecule has 3 N–H and O–H groups in total. The molecule has 2 unspecified atom stereocenters. The summed E-state index contributed by atoms with van der Waals surface area (Å²) in [4.78, 5) is 66.4. The topological polar surface area (TPSA) is 338 Å². The van der Waals surface area contributed by atoms with E-state index in [0.717, 1.165) is 15.7 Å². The number of methoxy groups -OCH3 is 2. The lowest BCUT2D eigenvalue weighted by molar-refractivity contribution is -0.192. The highest BCUT2D eigenvalue weighted by Gasteiger charge is 2.52. The van der Waals surface area contributed by atoms with Crippen molar-refractivity contribution in [1.82, 2.24) is 49.9 Å². The quantitative estimate of drug-likeness (QED) is 0.0349. The van der Waals surface area contributed by atoms with Crippen LogP contribution in [0.1, 0.15) is 66.2 Å². The largest absolute Gasteiger partial charge is 0.566 e. The molecule has 2 fully saturated rings. The molecule has 30 heteroatoms. The SMILES string of the molecule is COc1ccc(C(OC[C@H]2O[C@@H](n3nnc4c(NC(=O)c5ccccc5)ncnc43)[C@@H](F)[C@@H]2OP(OCCC#N)OC[C@@H]2C[C@H](O[P+](=O)[O-])[C@H](n3nnc4c(=O)[nH]c(NC(=O)C(C)C)nc43)O2)(c2ccccc2)c2ccc(OC)cc2)cc1. The van der Waals surface area contributed by atoms with Crippen molar-refractivity contribution >= 4 is 62.8 Å². The molecule has 9 atom stereocenters. The van der Waals surface area contributed by atoms with Gasteiger partial charge in [-0.25, -0.2) is 14.4 Å². The number of halogens is 1. The lowest BCUT2D eigenvalue weighted by Crippen LogP contribution is -2.39. The monoisotopic (exact) mass is 1180 g/mol. The Kier molecular flexibility index (Phi) is 18.1. The molecule has 0 bridgehead atoms. The summed E-state index contributed by atoms with van der Waals surface area (Å²) >= 11 is 0. The molecule has 27 nitrogen and oxygen atoms in total. The number of ether oxygens (including phenoxy) is 5. The highest BCUT2D eigenvalue weighted by atomic mass is 31.2. The zero-order valence-electron chi connectivity index (χ0n) is 44.6. The molecule has 10 rings (SSSR count). The first-order valence-electron chi connectivity index (χ1n) is 25.7. The van der Waals surface area contributed by atoms with Crippen LogP contribution in [-0.4, -0.2) is 126 Å². The Morgan fingerprint density at radius 2 is 1.49 bits per heavy atom. The van der Waals surface area contributed by atoms with Gasteiger partial charge in [-0.05, 0) is 57.7 Å². The van der Waals surface area contributed by atoms with E-state index in [-0.39, 0.29) is 53.5 Å². The third-order valence-corrected chi connectivity index (χ3v) is 15.0. The predicted octanol–water partition coefficient (Wildman–Crippen LogP) is 6.11. The van der Waals surface area contributed by atoms with Gasteiger partial charge in [-0.2, -0.15) is 19.6 Å². The van der Waals surface area contributed by atoms with Crippen LogP contribution in [0, 0.1) is 17.2 Å². The van der Waals surface area contributed by atoms with Crippen molar-refractivity contribution in [3.05, 3.63) is 148 Å². The summed E-state index contributed by atoms with van der Waals surface area (Å²) in [7, 11) is -3.06. The molecule has 83 heavy (non-hydrogen) atoms. The summed E-state index contributed by atoms with van der Waals surface area (Å²) < 4.78 is 87.5. The zero-order valence-corrected chi connectivity index (χ0v) is 46.4. The number of fused-ring (bicyclic) bond motifs is 2. The minimum absolute atomic E-state index is 0.00996. The Hall–Kier alpha value is -8.19. The Morgan fingerprint density at radius 3 is 2.13 bits per heavy atom. The Bertz CT molecular complexity index is 3630. The van der Waals surface area contributed by atoms with Crippen LogP contribution >= 0.6 is 16.9 Å². The molecule has 6 heterocycles. The van der Waals surface area contributed by atoms with Gasteiger partial charge in [0.25, 0.3) is 11.5 Å². The number of anilines is 2. The number of aromatic nitrogens is 10. The lowest BCUT2D eigenvalue weighted by atomic mass is 9.80. The fourth-order valence-corrected chi connectivity index (χ4v) is 10.9. The van der Waals surface area contributed by atoms with Crippen molar-refractivity contribution < 1.29 is 65.2 Å². The number of aromatic amines is 1. The van der Waals surface area contributed by atoms with Crippen LogP contribution in [0.2, 0.25) is 0 Å². The molecule has 0 radical (unpaired) electrons. The number of carbonyl (C=O) groups is 2. The molecule has 0 aliphatic carbocycles. The maximum absolute atomic E-state index is 18.0. The molecular weight excluding hydrogens is 1120 g/mol. The second-order valence-electron chi connectivity index (χ2n) is 18.9. The molecule has 0 spiro atoms. The average molecular weight is 1180 g/mol. The second-order valence-corrected chi connectivity index (χ2v) is 20.8. The molecule has 2 amide bonds. The molecule has 430 valence electrons. The number of hydrogen-bond acceptors (Lipinski definition) is 22. The minimum Gasteiger partial charge on any atom is -0.566 e. The van der Waals surface area contributed by atoms with E-state index in [0.29, 0.717) is 33.8 Å². The van der Waals surface area contributed by atoms with Gasteiger partial charge in [0.05, 0.1) is 52.6 Å². The third kappa shape index (κ3) is 12.6. The van der Waals surface area contributed by atoms with E-state index in [2.05, 4.69) is 51.2 Å². The van der Waals surface area contributed by atoms with Gasteiger partial charge in [0.2, 0.25) is 11.9 Å². The number of nitrogens with one attached hydrogen (secondary N) is 3. The van der Waals surface area contributed by atoms with E-state index in [4.69, 9.17) is 41.8 Å².